The smallest absolute Gasteiger partial charge is 0.0111 e. The Labute approximate surface area is 114 Å². The lowest BCUT2D eigenvalue weighted by molar-refractivity contribution is 0.129. The molecule has 2 unspecified atom stereocenters. The van der Waals surface area contributed by atoms with E-state index in [1.54, 1.807) is 0 Å². The molecule has 0 aromatic carbocycles. The molecule has 1 saturated heterocycles. The van der Waals surface area contributed by atoms with Crippen molar-refractivity contribution < 1.29 is 0 Å². The molecule has 2 atom stereocenters. The lowest BCUT2D eigenvalue weighted by Crippen LogP contribution is -2.41. The predicted molar refractivity (Wildman–Crippen MR) is 78.9 cm³/mol. The fourth-order valence-electron chi connectivity index (χ4n) is 3.84. The molecule has 1 saturated carbocycles. The molecule has 2 fully saturated rings. The summed E-state index contributed by atoms with van der Waals surface area (Å²) < 4.78 is 0. The monoisotopic (exact) mass is 252 g/mol. The predicted octanol–water partition coefficient (Wildman–Crippen LogP) is 3.42. The summed E-state index contributed by atoms with van der Waals surface area (Å²) in [6, 6.07) is 1.70. The van der Waals surface area contributed by atoms with Crippen molar-refractivity contribution in [1.29, 1.82) is 0 Å². The van der Waals surface area contributed by atoms with Crippen LogP contribution in [0.1, 0.15) is 65.2 Å². The van der Waals surface area contributed by atoms with Gasteiger partial charge in [0.15, 0.2) is 0 Å². The maximum Gasteiger partial charge on any atom is 0.0111 e. The molecule has 1 heterocycles. The Bertz CT molecular complexity index is 221. The van der Waals surface area contributed by atoms with Gasteiger partial charge in [0.1, 0.15) is 0 Å². The first kappa shape index (κ1) is 14.3. The van der Waals surface area contributed by atoms with Crippen LogP contribution in [0, 0.1) is 5.92 Å². The van der Waals surface area contributed by atoms with Gasteiger partial charge in [-0.25, -0.2) is 0 Å². The Morgan fingerprint density at radius 1 is 1.00 bits per heavy atom. The molecule has 2 rings (SSSR count). The van der Waals surface area contributed by atoms with Crippen molar-refractivity contribution in [3.8, 4) is 0 Å². The van der Waals surface area contributed by atoms with Crippen molar-refractivity contribution in [1.82, 2.24) is 10.2 Å². The number of hydrogen-bond donors (Lipinski definition) is 1. The van der Waals surface area contributed by atoms with E-state index in [1.807, 2.05) is 0 Å². The van der Waals surface area contributed by atoms with Crippen molar-refractivity contribution in [2.45, 2.75) is 77.3 Å². The summed E-state index contributed by atoms with van der Waals surface area (Å²) in [6.45, 7) is 8.53. The van der Waals surface area contributed by atoms with Crippen molar-refractivity contribution in [3.63, 3.8) is 0 Å². The third-order valence-corrected chi connectivity index (χ3v) is 4.95. The highest BCUT2D eigenvalue weighted by Crippen LogP contribution is 2.29. The highest BCUT2D eigenvalue weighted by atomic mass is 15.2. The average Bonchev–Trinajstić information content (AvgIpc) is 2.86. The number of piperidine rings is 1. The van der Waals surface area contributed by atoms with Crippen LogP contribution in [0.4, 0.5) is 0 Å². The first-order valence-corrected chi connectivity index (χ1v) is 8.30. The molecular weight excluding hydrogens is 220 g/mol. The molecule has 106 valence electrons. The summed E-state index contributed by atoms with van der Waals surface area (Å²) in [5.41, 5.74) is 0. The minimum absolute atomic E-state index is 0.809. The Kier molecular flexibility index (Phi) is 5.97. The van der Waals surface area contributed by atoms with Crippen molar-refractivity contribution >= 4 is 0 Å². The quantitative estimate of drug-likeness (QED) is 0.779. The minimum atomic E-state index is 0.809. The van der Waals surface area contributed by atoms with Crippen LogP contribution in [0.3, 0.4) is 0 Å². The second-order valence-electron chi connectivity index (χ2n) is 6.39. The highest BCUT2D eigenvalue weighted by molar-refractivity contribution is 4.88. The lowest BCUT2D eigenvalue weighted by Gasteiger charge is -2.36. The summed E-state index contributed by atoms with van der Waals surface area (Å²) in [6.07, 6.45) is 11.2. The number of nitrogens with one attached hydrogen (secondary N) is 1. The Hall–Kier alpha value is -0.0800. The van der Waals surface area contributed by atoms with Gasteiger partial charge in [-0.15, -0.1) is 0 Å². The molecule has 0 spiro atoms. The fraction of sp³-hybridized carbons (Fsp3) is 1.00. The summed E-state index contributed by atoms with van der Waals surface area (Å²) in [4.78, 5) is 2.79. The maximum atomic E-state index is 3.70. The van der Waals surface area contributed by atoms with Crippen LogP contribution < -0.4 is 5.32 Å². The largest absolute Gasteiger partial charge is 0.314 e. The first-order chi connectivity index (χ1) is 8.83. The van der Waals surface area contributed by atoms with Gasteiger partial charge >= 0.3 is 0 Å². The molecule has 2 heteroatoms. The van der Waals surface area contributed by atoms with E-state index in [-0.39, 0.29) is 0 Å². The zero-order valence-electron chi connectivity index (χ0n) is 12.5. The van der Waals surface area contributed by atoms with Gasteiger partial charge in [0, 0.05) is 12.1 Å². The number of hydrogen-bond acceptors (Lipinski definition) is 2. The van der Waals surface area contributed by atoms with Gasteiger partial charge in [0.25, 0.3) is 0 Å². The van der Waals surface area contributed by atoms with E-state index in [0.717, 1.165) is 18.0 Å². The lowest BCUT2D eigenvalue weighted by atomic mass is 9.91. The summed E-state index contributed by atoms with van der Waals surface area (Å²) in [5, 5.41) is 3.70. The SMILES string of the molecule is CCCNC1CCC(N2CCC(CCC)CC2)C1. The minimum Gasteiger partial charge on any atom is -0.314 e. The van der Waals surface area contributed by atoms with Crippen LogP contribution in [0.25, 0.3) is 0 Å². The number of likely N-dealkylation sites (tertiary alicyclic amines) is 1. The topological polar surface area (TPSA) is 15.3 Å². The van der Waals surface area contributed by atoms with Crippen LogP contribution in [0.15, 0.2) is 0 Å². The highest BCUT2D eigenvalue weighted by Gasteiger charge is 2.30. The molecule has 0 aromatic heterocycles. The molecule has 1 aliphatic heterocycles. The normalized spacial score (nSPS) is 31.0. The molecule has 0 aromatic rings. The summed E-state index contributed by atoms with van der Waals surface area (Å²) in [5.74, 6) is 1.03. The molecular formula is C16H32N2. The Morgan fingerprint density at radius 2 is 1.78 bits per heavy atom. The van der Waals surface area contributed by atoms with Crippen LogP contribution in [-0.4, -0.2) is 36.6 Å². The molecule has 0 radical (unpaired) electrons. The molecule has 1 N–H and O–H groups in total. The third kappa shape index (κ3) is 3.96. The molecule has 2 aliphatic rings. The Morgan fingerprint density at radius 3 is 2.44 bits per heavy atom. The number of rotatable bonds is 6. The molecule has 0 bridgehead atoms. The zero-order chi connectivity index (χ0) is 12.8. The fourth-order valence-corrected chi connectivity index (χ4v) is 3.84. The van der Waals surface area contributed by atoms with Crippen molar-refractivity contribution in [2.75, 3.05) is 19.6 Å². The summed E-state index contributed by atoms with van der Waals surface area (Å²) >= 11 is 0. The molecule has 18 heavy (non-hydrogen) atoms. The molecule has 0 amide bonds. The van der Waals surface area contributed by atoms with Gasteiger partial charge in [0.2, 0.25) is 0 Å². The second kappa shape index (κ2) is 7.49. The van der Waals surface area contributed by atoms with Gasteiger partial charge < -0.3 is 10.2 Å². The summed E-state index contributed by atoms with van der Waals surface area (Å²) in [7, 11) is 0. The van der Waals surface area contributed by atoms with E-state index in [0.29, 0.717) is 0 Å². The maximum absolute atomic E-state index is 3.70. The van der Waals surface area contributed by atoms with E-state index < -0.39 is 0 Å². The van der Waals surface area contributed by atoms with E-state index in [4.69, 9.17) is 0 Å². The molecule has 2 nitrogen and oxygen atoms in total. The van der Waals surface area contributed by atoms with E-state index in [9.17, 15) is 0 Å². The zero-order valence-corrected chi connectivity index (χ0v) is 12.5. The van der Waals surface area contributed by atoms with Crippen LogP contribution in [-0.2, 0) is 0 Å². The van der Waals surface area contributed by atoms with Gasteiger partial charge in [0.05, 0.1) is 0 Å². The third-order valence-electron chi connectivity index (χ3n) is 4.95. The van der Waals surface area contributed by atoms with Gasteiger partial charge in [-0.05, 0) is 64.1 Å². The van der Waals surface area contributed by atoms with E-state index >= 15 is 0 Å². The number of nitrogens with zero attached hydrogens (tertiary/aromatic N) is 1. The van der Waals surface area contributed by atoms with Crippen molar-refractivity contribution in [2.24, 2.45) is 5.92 Å². The molecule has 1 aliphatic carbocycles. The van der Waals surface area contributed by atoms with Crippen molar-refractivity contribution in [3.05, 3.63) is 0 Å². The van der Waals surface area contributed by atoms with E-state index in [2.05, 4.69) is 24.1 Å². The Balaban J connectivity index is 1.68. The standard InChI is InChI=1S/C16H32N2/c1-3-5-14-8-11-18(12-9-14)16-7-6-15(13-16)17-10-4-2/h14-17H,3-13H2,1-2H3. The van der Waals surface area contributed by atoms with Crippen LogP contribution in [0.5, 0.6) is 0 Å². The van der Waals surface area contributed by atoms with Gasteiger partial charge in [-0.2, -0.15) is 0 Å². The first-order valence-electron chi connectivity index (χ1n) is 8.30. The van der Waals surface area contributed by atoms with Crippen LogP contribution >= 0.6 is 0 Å². The van der Waals surface area contributed by atoms with E-state index in [1.165, 1.54) is 71.0 Å². The van der Waals surface area contributed by atoms with Gasteiger partial charge in [-0.1, -0.05) is 26.7 Å². The second-order valence-corrected chi connectivity index (χ2v) is 6.39. The average molecular weight is 252 g/mol. The van der Waals surface area contributed by atoms with Crippen LogP contribution in [0.2, 0.25) is 0 Å². The van der Waals surface area contributed by atoms with Gasteiger partial charge in [-0.3, -0.25) is 0 Å².